The van der Waals surface area contributed by atoms with E-state index in [1.54, 1.807) is 4.57 Å². The lowest BCUT2D eigenvalue weighted by atomic mass is 10.1. The van der Waals surface area contributed by atoms with Crippen molar-refractivity contribution in [2.45, 2.75) is 6.18 Å². The number of hydrogen-bond acceptors (Lipinski definition) is 1. The van der Waals surface area contributed by atoms with E-state index < -0.39 is 11.7 Å². The Bertz CT molecular complexity index is 4090. The second-order valence-electron chi connectivity index (χ2n) is 17.5. The Morgan fingerprint density at radius 1 is 0.286 bits per heavy atom. The van der Waals surface area contributed by atoms with Crippen LogP contribution in [0.2, 0.25) is 0 Å². The number of alkyl halides is 3. The molecule has 0 amide bonds. The van der Waals surface area contributed by atoms with E-state index >= 15 is 13.2 Å². The average molecular weight is 912 g/mol. The van der Waals surface area contributed by atoms with Gasteiger partial charge in [-0.1, -0.05) is 194 Å². The van der Waals surface area contributed by atoms with Crippen LogP contribution >= 0.6 is 0 Å². The molecule has 0 aliphatic rings. The maximum Gasteiger partial charge on any atom is 0.422 e. The van der Waals surface area contributed by atoms with Gasteiger partial charge >= 0.3 is 6.18 Å². The minimum atomic E-state index is -4.99. The predicted octanol–water partition coefficient (Wildman–Crippen LogP) is 16.5. The Labute approximate surface area is 400 Å². The van der Waals surface area contributed by atoms with Crippen LogP contribution in [0.3, 0.4) is 0 Å². The van der Waals surface area contributed by atoms with Crippen molar-refractivity contribution in [3.8, 4) is 68.0 Å². The summed E-state index contributed by atoms with van der Waals surface area (Å²) in [5, 5.41) is 3.33. The summed E-state index contributed by atoms with van der Waals surface area (Å²) in [6.07, 6.45) is -4.99. The molecule has 8 heteroatoms. The number of rotatable bonds is 8. The van der Waals surface area contributed by atoms with Gasteiger partial charge in [0.15, 0.2) is 11.6 Å². The van der Waals surface area contributed by atoms with Crippen LogP contribution < -0.4 is 0 Å². The minimum absolute atomic E-state index is 0.0697. The highest BCUT2D eigenvalue weighted by atomic mass is 19.4. The van der Waals surface area contributed by atoms with Crippen LogP contribution in [0.25, 0.3) is 112 Å². The number of benzene rings is 8. The topological polar surface area (TPSA) is 32.6 Å². The van der Waals surface area contributed by atoms with Crippen molar-refractivity contribution < 1.29 is 13.2 Å². The lowest BCUT2D eigenvalue weighted by Gasteiger charge is -2.29. The quantitative estimate of drug-likeness (QED) is 0.149. The van der Waals surface area contributed by atoms with Gasteiger partial charge in [0.1, 0.15) is 11.3 Å². The normalized spacial score (nSPS) is 11.9. The number of aromatic nitrogens is 5. The Morgan fingerprint density at radius 3 is 0.900 bits per heavy atom. The molecule has 0 aliphatic heterocycles. The maximum absolute atomic E-state index is 17.7. The van der Waals surface area contributed by atoms with Gasteiger partial charge in [0.05, 0.1) is 50.5 Å². The first-order valence-electron chi connectivity index (χ1n) is 23.2. The molecule has 5 nitrogen and oxygen atoms in total. The number of halogens is 3. The Morgan fingerprint density at radius 2 is 0.557 bits per heavy atom. The molecule has 0 unspecified atom stereocenters. The van der Waals surface area contributed by atoms with Gasteiger partial charge in [-0.2, -0.15) is 13.2 Å². The van der Waals surface area contributed by atoms with Crippen LogP contribution in [0, 0.1) is 0 Å². The molecule has 8 aromatic carbocycles. The standard InChI is InChI=1S/C62H40F3N5/c63-62(64,65)57-58(67-49-33-17-13-29-45(49)37-53(67)41-21-5-1-6-22-41)59(68-50-34-18-14-30-46(50)38-54(68)42-23-7-2-8-24-42)61(70-52-36-20-16-32-48(52)40-56(70)44-27-11-4-12-28-44)66-60(57)69-51-35-19-15-31-47(51)39-55(69)43-25-9-3-10-26-43/h1-40H. The summed E-state index contributed by atoms with van der Waals surface area (Å²) >= 11 is 0. The van der Waals surface area contributed by atoms with Gasteiger partial charge in [-0.25, -0.2) is 4.98 Å². The lowest BCUT2D eigenvalue weighted by Crippen LogP contribution is -2.23. The predicted molar refractivity (Wildman–Crippen MR) is 278 cm³/mol. The molecule has 0 spiro atoms. The fourth-order valence-corrected chi connectivity index (χ4v) is 10.4. The third-order valence-corrected chi connectivity index (χ3v) is 13.4. The first-order chi connectivity index (χ1) is 34.4. The minimum Gasteiger partial charge on any atom is -0.306 e. The Balaban J connectivity index is 1.35. The van der Waals surface area contributed by atoms with E-state index in [2.05, 4.69) is 16.7 Å². The van der Waals surface area contributed by atoms with Crippen molar-refractivity contribution in [3.63, 3.8) is 0 Å². The summed E-state index contributed by atoms with van der Waals surface area (Å²) in [5.74, 6) is 0.0535. The van der Waals surface area contributed by atoms with Gasteiger partial charge in [0, 0.05) is 21.5 Å². The molecule has 0 radical (unpaired) electrons. The summed E-state index contributed by atoms with van der Waals surface area (Å²) in [7, 11) is 0. The van der Waals surface area contributed by atoms with Crippen molar-refractivity contribution >= 4 is 43.6 Å². The fraction of sp³-hybridized carbons (Fsp3) is 0.0161. The summed E-state index contributed by atoms with van der Waals surface area (Å²) in [4.78, 5) is 5.62. The molecule has 0 fully saturated rings. The van der Waals surface area contributed by atoms with Crippen molar-refractivity contribution in [3.05, 3.63) is 248 Å². The second kappa shape index (κ2) is 16.3. The molecule has 0 bridgehead atoms. The molecule has 70 heavy (non-hydrogen) atoms. The van der Waals surface area contributed by atoms with Gasteiger partial charge in [-0.15, -0.1) is 0 Å². The molecule has 0 saturated heterocycles. The van der Waals surface area contributed by atoms with Gasteiger partial charge in [-0.05, 0) is 70.8 Å². The summed E-state index contributed by atoms with van der Waals surface area (Å²) in [6.45, 7) is 0. The van der Waals surface area contributed by atoms with Crippen LogP contribution in [0.15, 0.2) is 243 Å². The number of pyridine rings is 1. The molecule has 0 saturated carbocycles. The van der Waals surface area contributed by atoms with Gasteiger partial charge in [0.2, 0.25) is 0 Å². The van der Waals surface area contributed by atoms with E-state index in [9.17, 15) is 0 Å². The molecular weight excluding hydrogens is 872 g/mol. The van der Waals surface area contributed by atoms with E-state index in [1.807, 2.05) is 240 Å². The molecule has 5 aromatic heterocycles. The van der Waals surface area contributed by atoms with Crippen LogP contribution in [-0.2, 0) is 6.18 Å². The van der Waals surface area contributed by atoms with E-state index in [0.717, 1.165) is 60.5 Å². The molecule has 334 valence electrons. The highest BCUT2D eigenvalue weighted by molar-refractivity contribution is 5.98. The zero-order valence-corrected chi connectivity index (χ0v) is 37.5. The number of para-hydroxylation sites is 4. The Kier molecular flexibility index (Phi) is 9.55. The third kappa shape index (κ3) is 6.59. The first kappa shape index (κ1) is 41.1. The monoisotopic (exact) mass is 911 g/mol. The smallest absolute Gasteiger partial charge is 0.306 e. The molecule has 13 aromatic rings. The van der Waals surface area contributed by atoms with Crippen molar-refractivity contribution in [2.24, 2.45) is 0 Å². The van der Waals surface area contributed by atoms with Crippen molar-refractivity contribution in [1.29, 1.82) is 0 Å². The molecule has 5 heterocycles. The molecule has 0 aliphatic carbocycles. The van der Waals surface area contributed by atoms with Crippen LogP contribution in [-0.4, -0.2) is 23.3 Å². The number of nitrogens with zero attached hydrogens (tertiary/aromatic N) is 5. The maximum atomic E-state index is 17.7. The number of fused-ring (bicyclic) bond motifs is 4. The Hall–Kier alpha value is -9.14. The highest BCUT2D eigenvalue weighted by Crippen LogP contribution is 2.50. The first-order valence-corrected chi connectivity index (χ1v) is 23.2. The molecular formula is C62H40F3N5. The van der Waals surface area contributed by atoms with Gasteiger partial charge in [-0.3, -0.25) is 9.13 Å². The van der Waals surface area contributed by atoms with E-state index in [-0.39, 0.29) is 17.2 Å². The summed E-state index contributed by atoms with van der Waals surface area (Å²) in [6, 6.07) is 78.6. The molecule has 0 N–H and O–H groups in total. The van der Waals surface area contributed by atoms with E-state index in [4.69, 9.17) is 4.98 Å². The highest BCUT2D eigenvalue weighted by Gasteiger charge is 2.44. The zero-order valence-electron chi connectivity index (χ0n) is 37.5. The molecule has 13 rings (SSSR count). The second-order valence-corrected chi connectivity index (χ2v) is 17.5. The van der Waals surface area contributed by atoms with Crippen LogP contribution in [0.4, 0.5) is 13.2 Å². The zero-order chi connectivity index (χ0) is 46.9. The largest absolute Gasteiger partial charge is 0.422 e. The summed E-state index contributed by atoms with van der Waals surface area (Å²) in [5.41, 5.74) is 7.84. The van der Waals surface area contributed by atoms with Crippen molar-refractivity contribution in [1.82, 2.24) is 23.3 Å². The van der Waals surface area contributed by atoms with Crippen molar-refractivity contribution in [2.75, 3.05) is 0 Å². The van der Waals surface area contributed by atoms with Gasteiger partial charge < -0.3 is 9.13 Å². The van der Waals surface area contributed by atoms with Gasteiger partial charge in [0.25, 0.3) is 0 Å². The van der Waals surface area contributed by atoms with E-state index in [1.165, 1.54) is 0 Å². The summed E-state index contributed by atoms with van der Waals surface area (Å²) < 4.78 is 60.8. The molecule has 0 atom stereocenters. The SMILES string of the molecule is FC(F)(F)c1c(-n2c(-c3ccccc3)cc3ccccc32)nc(-n2c(-c3ccccc3)cc3ccccc32)c(-n2c(-c3ccccc3)cc3ccccc32)c1-n1c(-c2ccccc2)cc2ccccc21. The fourth-order valence-electron chi connectivity index (χ4n) is 10.4. The van der Waals surface area contributed by atoms with Crippen LogP contribution in [0.5, 0.6) is 0 Å². The van der Waals surface area contributed by atoms with E-state index in [0.29, 0.717) is 33.9 Å². The third-order valence-electron chi connectivity index (χ3n) is 13.4. The number of hydrogen-bond donors (Lipinski definition) is 0. The lowest BCUT2D eigenvalue weighted by molar-refractivity contribution is -0.137. The average Bonchev–Trinajstić information content (AvgIpc) is 4.19. The van der Waals surface area contributed by atoms with Crippen LogP contribution in [0.1, 0.15) is 5.56 Å².